The fourth-order valence-electron chi connectivity index (χ4n) is 5.14. The van der Waals surface area contributed by atoms with Crippen LogP contribution in [0.25, 0.3) is 0 Å². The van der Waals surface area contributed by atoms with E-state index < -0.39 is 0 Å². The second-order valence-electron chi connectivity index (χ2n) is 11.5. The molecule has 2 aromatic rings. The first kappa shape index (κ1) is 28.4. The van der Waals surface area contributed by atoms with E-state index in [1.807, 2.05) is 37.8 Å². The summed E-state index contributed by atoms with van der Waals surface area (Å²) in [6.07, 6.45) is 4.67. The van der Waals surface area contributed by atoms with Crippen molar-refractivity contribution in [1.82, 2.24) is 15.5 Å². The molecule has 8 nitrogen and oxygen atoms in total. The monoisotopic (exact) mass is 537 g/mol. The second-order valence-corrected chi connectivity index (χ2v) is 11.5. The maximum Gasteiger partial charge on any atom is 0.317 e. The third-order valence-electron chi connectivity index (χ3n) is 7.21. The Morgan fingerprint density at radius 1 is 0.923 bits per heavy atom. The molecule has 9 heteroatoms. The number of carbonyl (C=O) groups is 3. The van der Waals surface area contributed by atoms with E-state index in [1.165, 1.54) is 12.1 Å². The minimum Gasteiger partial charge on any atom is -0.369 e. The van der Waals surface area contributed by atoms with E-state index in [4.69, 9.17) is 0 Å². The van der Waals surface area contributed by atoms with E-state index in [2.05, 4.69) is 20.9 Å². The molecule has 1 saturated heterocycles. The number of carbonyl (C=O) groups excluding carboxylic acids is 3. The van der Waals surface area contributed by atoms with Gasteiger partial charge in [-0.15, -0.1) is 0 Å². The van der Waals surface area contributed by atoms with Gasteiger partial charge in [-0.25, -0.2) is 9.18 Å². The summed E-state index contributed by atoms with van der Waals surface area (Å²) in [7, 11) is 0. The standard InChI is InChI=1S/C30H40FN5O3/c1-30(2,3)34-29(39)36-16-6-15-35(17-18-36)26-14-13-24(33-27(37)22-7-4-5-8-22)19-25(26)28(38)32-20-21-9-11-23(31)12-10-21/h9-14,19,22H,4-8,15-18,20H2,1-3H3,(H,32,38)(H,33,37)(H,34,39). The molecule has 1 aliphatic carbocycles. The fourth-order valence-corrected chi connectivity index (χ4v) is 5.14. The van der Waals surface area contributed by atoms with Gasteiger partial charge in [0.2, 0.25) is 5.91 Å². The number of nitrogens with zero attached hydrogens (tertiary/aromatic N) is 2. The summed E-state index contributed by atoms with van der Waals surface area (Å²) in [6, 6.07) is 11.4. The summed E-state index contributed by atoms with van der Waals surface area (Å²) >= 11 is 0. The molecule has 0 aromatic heterocycles. The highest BCUT2D eigenvalue weighted by atomic mass is 19.1. The molecule has 0 spiro atoms. The van der Waals surface area contributed by atoms with Gasteiger partial charge in [0.05, 0.1) is 5.56 Å². The van der Waals surface area contributed by atoms with Crippen molar-refractivity contribution in [1.29, 1.82) is 0 Å². The van der Waals surface area contributed by atoms with E-state index in [1.54, 1.807) is 18.2 Å². The van der Waals surface area contributed by atoms with Crippen molar-refractivity contribution >= 4 is 29.2 Å². The lowest BCUT2D eigenvalue weighted by Gasteiger charge is -2.28. The number of halogens is 1. The van der Waals surface area contributed by atoms with E-state index in [0.29, 0.717) is 37.4 Å². The largest absolute Gasteiger partial charge is 0.369 e. The number of rotatable bonds is 6. The SMILES string of the molecule is CC(C)(C)NC(=O)N1CCCN(c2ccc(NC(=O)C3CCCC3)cc2C(=O)NCc2ccc(F)cc2)CC1. The zero-order valence-electron chi connectivity index (χ0n) is 23.2. The van der Waals surface area contributed by atoms with Crippen LogP contribution in [0.3, 0.4) is 0 Å². The molecule has 210 valence electrons. The predicted octanol–water partition coefficient (Wildman–Crippen LogP) is 4.90. The Labute approximate surface area is 230 Å². The third kappa shape index (κ3) is 7.94. The number of anilines is 2. The molecular formula is C30H40FN5O3. The Bertz CT molecular complexity index is 1170. The van der Waals surface area contributed by atoms with Gasteiger partial charge >= 0.3 is 6.03 Å². The Morgan fingerprint density at radius 2 is 1.64 bits per heavy atom. The quantitative estimate of drug-likeness (QED) is 0.488. The van der Waals surface area contributed by atoms with Crippen LogP contribution >= 0.6 is 0 Å². The zero-order valence-corrected chi connectivity index (χ0v) is 23.2. The van der Waals surface area contributed by atoms with Gasteiger partial charge in [-0.05, 0) is 75.9 Å². The van der Waals surface area contributed by atoms with E-state index in [0.717, 1.165) is 43.4 Å². The van der Waals surface area contributed by atoms with Gasteiger partial charge in [0.1, 0.15) is 5.82 Å². The molecule has 3 N–H and O–H groups in total. The summed E-state index contributed by atoms with van der Waals surface area (Å²) in [4.78, 5) is 42.9. The van der Waals surface area contributed by atoms with Crippen LogP contribution in [0.5, 0.6) is 0 Å². The van der Waals surface area contributed by atoms with Gasteiger partial charge in [0, 0.05) is 55.6 Å². The molecular weight excluding hydrogens is 497 g/mol. The van der Waals surface area contributed by atoms with Crippen LogP contribution in [0.1, 0.15) is 68.8 Å². The Morgan fingerprint density at radius 3 is 2.33 bits per heavy atom. The third-order valence-corrected chi connectivity index (χ3v) is 7.21. The normalized spacial score (nSPS) is 16.5. The Hall–Kier alpha value is -3.62. The lowest BCUT2D eigenvalue weighted by atomic mass is 10.1. The number of amides is 4. The second kappa shape index (κ2) is 12.5. The summed E-state index contributed by atoms with van der Waals surface area (Å²) in [5, 5.41) is 8.97. The van der Waals surface area contributed by atoms with Gasteiger partial charge in [-0.2, -0.15) is 0 Å². The lowest BCUT2D eigenvalue weighted by Crippen LogP contribution is -2.49. The first-order valence-corrected chi connectivity index (χ1v) is 13.9. The highest BCUT2D eigenvalue weighted by Crippen LogP contribution is 2.29. The zero-order chi connectivity index (χ0) is 28.0. The lowest BCUT2D eigenvalue weighted by molar-refractivity contribution is -0.119. The maximum atomic E-state index is 13.5. The highest BCUT2D eigenvalue weighted by molar-refractivity contribution is 6.02. The van der Waals surface area contributed by atoms with E-state index in [-0.39, 0.29) is 41.7 Å². The van der Waals surface area contributed by atoms with Crippen LogP contribution in [0.2, 0.25) is 0 Å². The molecule has 1 aliphatic heterocycles. The fraction of sp³-hybridized carbons (Fsp3) is 0.500. The van der Waals surface area contributed by atoms with Crippen molar-refractivity contribution in [3.05, 3.63) is 59.4 Å². The maximum absolute atomic E-state index is 13.5. The average Bonchev–Trinajstić information content (AvgIpc) is 3.32. The smallest absolute Gasteiger partial charge is 0.317 e. The molecule has 0 bridgehead atoms. The molecule has 2 aromatic carbocycles. The minimum absolute atomic E-state index is 0.00630. The number of hydrogen-bond acceptors (Lipinski definition) is 4. The van der Waals surface area contributed by atoms with Crippen LogP contribution in [0.4, 0.5) is 20.6 Å². The van der Waals surface area contributed by atoms with Gasteiger partial charge in [0.15, 0.2) is 0 Å². The Balaban J connectivity index is 1.52. The molecule has 1 saturated carbocycles. The number of urea groups is 1. The summed E-state index contributed by atoms with van der Waals surface area (Å²) < 4.78 is 13.3. The van der Waals surface area contributed by atoms with Gasteiger partial charge < -0.3 is 25.8 Å². The van der Waals surface area contributed by atoms with Crippen molar-refractivity contribution in [3.63, 3.8) is 0 Å². The van der Waals surface area contributed by atoms with Crippen molar-refractivity contribution in [2.75, 3.05) is 36.4 Å². The van der Waals surface area contributed by atoms with Crippen LogP contribution in [-0.2, 0) is 11.3 Å². The average molecular weight is 538 g/mol. The molecule has 0 atom stereocenters. The molecule has 0 unspecified atom stereocenters. The van der Waals surface area contributed by atoms with Crippen molar-refractivity contribution in [2.24, 2.45) is 5.92 Å². The summed E-state index contributed by atoms with van der Waals surface area (Å²) in [5.41, 5.74) is 2.26. The van der Waals surface area contributed by atoms with Crippen LogP contribution in [0.15, 0.2) is 42.5 Å². The van der Waals surface area contributed by atoms with Gasteiger partial charge in [0.25, 0.3) is 5.91 Å². The highest BCUT2D eigenvalue weighted by Gasteiger charge is 2.26. The van der Waals surface area contributed by atoms with Crippen molar-refractivity contribution < 1.29 is 18.8 Å². The van der Waals surface area contributed by atoms with Crippen molar-refractivity contribution in [2.45, 2.75) is 65.0 Å². The van der Waals surface area contributed by atoms with E-state index in [9.17, 15) is 18.8 Å². The van der Waals surface area contributed by atoms with Crippen LogP contribution in [0, 0.1) is 11.7 Å². The van der Waals surface area contributed by atoms with Crippen molar-refractivity contribution in [3.8, 4) is 0 Å². The number of benzene rings is 2. The molecule has 2 aliphatic rings. The topological polar surface area (TPSA) is 93.8 Å². The molecule has 4 rings (SSSR count). The Kier molecular flexibility index (Phi) is 9.09. The molecule has 2 fully saturated rings. The molecule has 4 amide bonds. The van der Waals surface area contributed by atoms with Gasteiger partial charge in [-0.3, -0.25) is 9.59 Å². The molecule has 0 radical (unpaired) electrons. The minimum atomic E-state index is -0.329. The summed E-state index contributed by atoms with van der Waals surface area (Å²) in [5.74, 6) is -0.605. The van der Waals surface area contributed by atoms with E-state index >= 15 is 0 Å². The first-order valence-electron chi connectivity index (χ1n) is 13.9. The molecule has 1 heterocycles. The summed E-state index contributed by atoms with van der Waals surface area (Å²) in [6.45, 7) is 8.53. The van der Waals surface area contributed by atoms with Crippen LogP contribution in [-0.4, -0.2) is 54.5 Å². The van der Waals surface area contributed by atoms with Gasteiger partial charge in [-0.1, -0.05) is 25.0 Å². The number of hydrogen-bond donors (Lipinski definition) is 3. The van der Waals surface area contributed by atoms with Crippen LogP contribution < -0.4 is 20.9 Å². The molecule has 39 heavy (non-hydrogen) atoms. The first-order chi connectivity index (χ1) is 18.6. The predicted molar refractivity (Wildman–Crippen MR) is 151 cm³/mol. The number of nitrogens with one attached hydrogen (secondary N) is 3.